The topological polar surface area (TPSA) is 50.4 Å². The molecule has 0 saturated carbocycles. The summed E-state index contributed by atoms with van der Waals surface area (Å²) in [5.41, 5.74) is 0.982. The maximum Gasteiger partial charge on any atom is 0.234 e. The second kappa shape index (κ2) is 7.29. The Bertz CT molecular complexity index is 427. The van der Waals surface area contributed by atoms with Crippen molar-refractivity contribution in [1.82, 2.24) is 10.6 Å². The van der Waals surface area contributed by atoms with Crippen LogP contribution in [0, 0.1) is 0 Å². The van der Waals surface area contributed by atoms with Crippen molar-refractivity contribution in [3.63, 3.8) is 0 Å². The van der Waals surface area contributed by atoms with Crippen LogP contribution in [0.25, 0.3) is 0 Å². The fourth-order valence-corrected chi connectivity index (χ4v) is 1.77. The molecule has 1 aromatic rings. The van der Waals surface area contributed by atoms with Crippen LogP contribution in [-0.2, 0) is 4.79 Å². The number of carbonyl (C=O) groups is 1. The Balaban J connectivity index is 2.46. The molecule has 0 bridgehead atoms. The van der Waals surface area contributed by atoms with Crippen LogP contribution in [0.5, 0.6) is 5.75 Å². The number of amides is 1. The number of hydrogen-bond acceptors (Lipinski definition) is 3. The molecule has 0 aliphatic rings. The molecule has 1 aromatic carbocycles. The first kappa shape index (κ1) is 16.5. The second-order valence-electron chi connectivity index (χ2n) is 5.66. The fraction of sp³-hybridized carbons (Fsp3) is 0.562. The van der Waals surface area contributed by atoms with Gasteiger partial charge in [0.15, 0.2) is 0 Å². The molecule has 4 heteroatoms. The average molecular weight is 278 g/mol. The molecule has 20 heavy (non-hydrogen) atoms. The first-order chi connectivity index (χ1) is 9.38. The molecule has 0 heterocycles. The van der Waals surface area contributed by atoms with Gasteiger partial charge in [-0.1, -0.05) is 19.1 Å². The highest BCUT2D eigenvalue weighted by molar-refractivity contribution is 5.78. The quantitative estimate of drug-likeness (QED) is 0.806. The Labute approximate surface area is 121 Å². The molecule has 112 valence electrons. The van der Waals surface area contributed by atoms with Crippen LogP contribution in [-0.4, -0.2) is 25.1 Å². The summed E-state index contributed by atoms with van der Waals surface area (Å²) < 4.78 is 5.13. The maximum absolute atomic E-state index is 11.9. The normalized spacial score (nSPS) is 12.8. The minimum Gasteiger partial charge on any atom is -0.497 e. The molecule has 0 fully saturated rings. The highest BCUT2D eigenvalue weighted by Crippen LogP contribution is 2.17. The monoisotopic (exact) mass is 278 g/mol. The van der Waals surface area contributed by atoms with Crippen molar-refractivity contribution in [1.29, 1.82) is 0 Å². The predicted molar refractivity (Wildman–Crippen MR) is 81.9 cm³/mol. The molecule has 0 radical (unpaired) electrons. The lowest BCUT2D eigenvalue weighted by Crippen LogP contribution is -2.46. The van der Waals surface area contributed by atoms with Crippen LogP contribution in [0.3, 0.4) is 0 Å². The average Bonchev–Trinajstić information content (AvgIpc) is 2.44. The SMILES string of the molecule is CCC(C)(C)NC(=O)CNC(C)c1ccc(OC)cc1. The molecule has 1 atom stereocenters. The Kier molecular flexibility index (Phi) is 6.02. The number of methoxy groups -OCH3 is 1. The summed E-state index contributed by atoms with van der Waals surface area (Å²) in [6, 6.07) is 7.98. The second-order valence-corrected chi connectivity index (χ2v) is 5.66. The van der Waals surface area contributed by atoms with E-state index >= 15 is 0 Å². The van der Waals surface area contributed by atoms with Gasteiger partial charge in [0, 0.05) is 11.6 Å². The van der Waals surface area contributed by atoms with Gasteiger partial charge in [-0.25, -0.2) is 0 Å². The molecule has 0 aliphatic carbocycles. The van der Waals surface area contributed by atoms with E-state index in [0.717, 1.165) is 17.7 Å². The van der Waals surface area contributed by atoms with Gasteiger partial charge in [-0.3, -0.25) is 4.79 Å². The van der Waals surface area contributed by atoms with E-state index in [-0.39, 0.29) is 17.5 Å². The molecular formula is C16H26N2O2. The van der Waals surface area contributed by atoms with Gasteiger partial charge in [0.2, 0.25) is 5.91 Å². The minimum atomic E-state index is -0.151. The van der Waals surface area contributed by atoms with E-state index in [1.54, 1.807) is 7.11 Å². The lowest BCUT2D eigenvalue weighted by Gasteiger charge is -2.25. The fourth-order valence-electron chi connectivity index (χ4n) is 1.77. The molecule has 0 aromatic heterocycles. The minimum absolute atomic E-state index is 0.0252. The van der Waals surface area contributed by atoms with E-state index in [1.807, 2.05) is 45.0 Å². The van der Waals surface area contributed by atoms with Gasteiger partial charge >= 0.3 is 0 Å². The first-order valence-corrected chi connectivity index (χ1v) is 7.06. The van der Waals surface area contributed by atoms with Crippen LogP contribution in [0.4, 0.5) is 0 Å². The van der Waals surface area contributed by atoms with E-state index in [2.05, 4.69) is 17.6 Å². The van der Waals surface area contributed by atoms with Crippen molar-refractivity contribution >= 4 is 5.91 Å². The van der Waals surface area contributed by atoms with Gasteiger partial charge in [-0.2, -0.15) is 0 Å². The van der Waals surface area contributed by atoms with Gasteiger partial charge in [0.05, 0.1) is 13.7 Å². The molecular weight excluding hydrogens is 252 g/mol. The van der Waals surface area contributed by atoms with E-state index in [1.165, 1.54) is 0 Å². The summed E-state index contributed by atoms with van der Waals surface area (Å²) in [4.78, 5) is 11.9. The Morgan fingerprint density at radius 1 is 1.30 bits per heavy atom. The molecule has 2 N–H and O–H groups in total. The Hall–Kier alpha value is -1.55. The third kappa shape index (κ3) is 5.21. The zero-order valence-electron chi connectivity index (χ0n) is 13.1. The van der Waals surface area contributed by atoms with Crippen molar-refractivity contribution in [2.75, 3.05) is 13.7 Å². The molecule has 1 unspecified atom stereocenters. The lowest BCUT2D eigenvalue weighted by molar-refractivity contribution is -0.122. The van der Waals surface area contributed by atoms with Gasteiger partial charge in [0.1, 0.15) is 5.75 Å². The highest BCUT2D eigenvalue weighted by Gasteiger charge is 2.17. The molecule has 0 saturated heterocycles. The van der Waals surface area contributed by atoms with Gasteiger partial charge < -0.3 is 15.4 Å². The number of rotatable bonds is 7. The summed E-state index contributed by atoms with van der Waals surface area (Å²) in [7, 11) is 1.65. The molecule has 1 amide bonds. The number of benzene rings is 1. The van der Waals surface area contributed by atoms with Crippen LogP contribution in [0.15, 0.2) is 24.3 Å². The molecule has 0 spiro atoms. The molecule has 0 aliphatic heterocycles. The molecule has 4 nitrogen and oxygen atoms in total. The van der Waals surface area contributed by atoms with Crippen LogP contribution in [0.2, 0.25) is 0 Å². The number of hydrogen-bond donors (Lipinski definition) is 2. The van der Waals surface area contributed by atoms with Crippen LogP contribution < -0.4 is 15.4 Å². The molecule has 1 rings (SSSR count). The summed E-state index contributed by atoms with van der Waals surface area (Å²) in [6.07, 6.45) is 0.909. The summed E-state index contributed by atoms with van der Waals surface area (Å²) >= 11 is 0. The highest BCUT2D eigenvalue weighted by atomic mass is 16.5. The first-order valence-electron chi connectivity index (χ1n) is 7.06. The maximum atomic E-state index is 11.9. The Morgan fingerprint density at radius 3 is 2.40 bits per heavy atom. The Morgan fingerprint density at radius 2 is 1.90 bits per heavy atom. The van der Waals surface area contributed by atoms with Crippen molar-refractivity contribution < 1.29 is 9.53 Å². The van der Waals surface area contributed by atoms with Gasteiger partial charge in [0.25, 0.3) is 0 Å². The summed E-state index contributed by atoms with van der Waals surface area (Å²) in [6.45, 7) is 8.47. The zero-order valence-corrected chi connectivity index (χ0v) is 13.1. The summed E-state index contributed by atoms with van der Waals surface area (Å²) in [5, 5.41) is 6.24. The number of carbonyl (C=O) groups excluding carboxylic acids is 1. The zero-order chi connectivity index (χ0) is 15.2. The number of nitrogens with one attached hydrogen (secondary N) is 2. The van der Waals surface area contributed by atoms with Crippen molar-refractivity contribution in [3.8, 4) is 5.75 Å². The third-order valence-electron chi connectivity index (χ3n) is 3.55. The smallest absolute Gasteiger partial charge is 0.234 e. The predicted octanol–water partition coefficient (Wildman–Crippen LogP) is 2.65. The van der Waals surface area contributed by atoms with E-state index in [9.17, 15) is 4.79 Å². The standard InChI is InChI=1S/C16H26N2O2/c1-6-16(3,4)18-15(19)11-17-12(2)13-7-9-14(20-5)10-8-13/h7-10,12,17H,6,11H2,1-5H3,(H,18,19). The number of ether oxygens (including phenoxy) is 1. The van der Waals surface area contributed by atoms with Crippen molar-refractivity contribution in [2.45, 2.75) is 45.7 Å². The third-order valence-corrected chi connectivity index (χ3v) is 3.55. The summed E-state index contributed by atoms with van der Waals surface area (Å²) in [5.74, 6) is 0.862. The lowest BCUT2D eigenvalue weighted by atomic mass is 10.0. The van der Waals surface area contributed by atoms with Crippen LogP contribution in [0.1, 0.15) is 45.7 Å². The van der Waals surface area contributed by atoms with E-state index in [4.69, 9.17) is 4.74 Å². The van der Waals surface area contributed by atoms with E-state index < -0.39 is 0 Å². The van der Waals surface area contributed by atoms with Gasteiger partial charge in [-0.15, -0.1) is 0 Å². The largest absolute Gasteiger partial charge is 0.497 e. The van der Waals surface area contributed by atoms with Crippen molar-refractivity contribution in [3.05, 3.63) is 29.8 Å². The van der Waals surface area contributed by atoms with Crippen molar-refractivity contribution in [2.24, 2.45) is 0 Å². The van der Waals surface area contributed by atoms with Gasteiger partial charge in [-0.05, 0) is 44.9 Å². The van der Waals surface area contributed by atoms with Crippen LogP contribution >= 0.6 is 0 Å². The van der Waals surface area contributed by atoms with E-state index in [0.29, 0.717) is 6.54 Å².